The number of methoxy groups -OCH3 is 1. The molecule has 0 saturated carbocycles. The molecule has 0 aliphatic rings. The molecule has 140 valence electrons. The van der Waals surface area contributed by atoms with Gasteiger partial charge in [0.1, 0.15) is 18.1 Å². The maximum absolute atomic E-state index is 12.3. The third-order valence-electron chi connectivity index (χ3n) is 3.75. The lowest BCUT2D eigenvalue weighted by Crippen LogP contribution is -2.12. The molecule has 5 heteroatoms. The second kappa shape index (κ2) is 10.5. The van der Waals surface area contributed by atoms with Crippen molar-refractivity contribution in [3.8, 4) is 11.5 Å². The van der Waals surface area contributed by atoms with Crippen molar-refractivity contribution >= 4 is 11.6 Å². The van der Waals surface area contributed by atoms with E-state index in [4.69, 9.17) is 14.2 Å². The first-order valence-electron chi connectivity index (χ1n) is 8.84. The molecule has 0 heterocycles. The van der Waals surface area contributed by atoms with Crippen LogP contribution in [0.3, 0.4) is 0 Å². The molecule has 2 aromatic carbocycles. The Balaban J connectivity index is 1.84. The highest BCUT2D eigenvalue weighted by Crippen LogP contribution is 2.18. The SMILES string of the molecule is COCCOc1ccc(C(=O)Nc2ccc(OCCC(C)C)cc2)cc1. The van der Waals surface area contributed by atoms with Crippen LogP contribution in [-0.4, -0.2) is 32.8 Å². The zero-order valence-corrected chi connectivity index (χ0v) is 15.7. The molecule has 0 radical (unpaired) electrons. The van der Waals surface area contributed by atoms with E-state index in [9.17, 15) is 4.79 Å². The molecule has 2 aromatic rings. The smallest absolute Gasteiger partial charge is 0.255 e. The highest BCUT2D eigenvalue weighted by Gasteiger charge is 2.07. The predicted octanol–water partition coefficient (Wildman–Crippen LogP) is 4.39. The molecule has 5 nitrogen and oxygen atoms in total. The first kappa shape index (κ1) is 19.8. The van der Waals surface area contributed by atoms with Crippen LogP contribution in [0.5, 0.6) is 11.5 Å². The first-order chi connectivity index (χ1) is 12.6. The number of benzene rings is 2. The Bertz CT molecular complexity index is 665. The summed E-state index contributed by atoms with van der Waals surface area (Å²) in [6.45, 7) is 6.04. The van der Waals surface area contributed by atoms with Gasteiger partial charge in [0, 0.05) is 18.4 Å². The number of carbonyl (C=O) groups is 1. The van der Waals surface area contributed by atoms with Gasteiger partial charge in [-0.2, -0.15) is 0 Å². The fourth-order valence-corrected chi connectivity index (χ4v) is 2.20. The summed E-state index contributed by atoms with van der Waals surface area (Å²) < 4.78 is 16.1. The Kier molecular flexibility index (Phi) is 7.96. The van der Waals surface area contributed by atoms with Gasteiger partial charge in [-0.3, -0.25) is 4.79 Å². The summed E-state index contributed by atoms with van der Waals surface area (Å²) in [5, 5.41) is 2.88. The van der Waals surface area contributed by atoms with Crippen molar-refractivity contribution in [1.29, 1.82) is 0 Å². The Hall–Kier alpha value is -2.53. The number of rotatable bonds is 10. The van der Waals surface area contributed by atoms with Gasteiger partial charge in [-0.05, 0) is 60.9 Å². The molecule has 0 fully saturated rings. The molecule has 0 aromatic heterocycles. The monoisotopic (exact) mass is 357 g/mol. The van der Waals surface area contributed by atoms with Gasteiger partial charge in [-0.1, -0.05) is 13.8 Å². The molecule has 0 bridgehead atoms. The van der Waals surface area contributed by atoms with E-state index < -0.39 is 0 Å². The zero-order chi connectivity index (χ0) is 18.8. The van der Waals surface area contributed by atoms with Gasteiger partial charge in [0.2, 0.25) is 0 Å². The molecule has 2 rings (SSSR count). The summed E-state index contributed by atoms with van der Waals surface area (Å²) in [6, 6.07) is 14.4. The number of nitrogens with one attached hydrogen (secondary N) is 1. The van der Waals surface area contributed by atoms with Crippen molar-refractivity contribution in [2.75, 3.05) is 32.2 Å². The average Bonchev–Trinajstić information content (AvgIpc) is 2.63. The van der Waals surface area contributed by atoms with Crippen molar-refractivity contribution in [3.63, 3.8) is 0 Å². The highest BCUT2D eigenvalue weighted by atomic mass is 16.5. The lowest BCUT2D eigenvalue weighted by Gasteiger charge is -2.10. The van der Waals surface area contributed by atoms with E-state index in [-0.39, 0.29) is 5.91 Å². The fraction of sp³-hybridized carbons (Fsp3) is 0.381. The normalized spacial score (nSPS) is 10.6. The molecule has 26 heavy (non-hydrogen) atoms. The van der Waals surface area contributed by atoms with Gasteiger partial charge in [0.25, 0.3) is 5.91 Å². The van der Waals surface area contributed by atoms with Crippen LogP contribution in [0.1, 0.15) is 30.6 Å². The van der Waals surface area contributed by atoms with E-state index in [0.29, 0.717) is 37.1 Å². The van der Waals surface area contributed by atoms with Crippen LogP contribution in [0.15, 0.2) is 48.5 Å². The van der Waals surface area contributed by atoms with E-state index in [1.165, 1.54) is 0 Å². The van der Waals surface area contributed by atoms with E-state index in [1.807, 2.05) is 24.3 Å². The molecule has 0 aliphatic carbocycles. The van der Waals surface area contributed by atoms with Gasteiger partial charge in [-0.25, -0.2) is 0 Å². The van der Waals surface area contributed by atoms with Gasteiger partial charge in [0.05, 0.1) is 13.2 Å². The summed E-state index contributed by atoms with van der Waals surface area (Å²) in [4.78, 5) is 12.3. The van der Waals surface area contributed by atoms with Crippen molar-refractivity contribution in [1.82, 2.24) is 0 Å². The lowest BCUT2D eigenvalue weighted by atomic mass is 10.1. The Morgan fingerprint density at radius 3 is 2.04 bits per heavy atom. The molecular weight excluding hydrogens is 330 g/mol. The molecular formula is C21H27NO4. The summed E-state index contributed by atoms with van der Waals surface area (Å²) in [5.41, 5.74) is 1.30. The molecule has 0 saturated heterocycles. The molecule has 0 aliphatic heterocycles. The average molecular weight is 357 g/mol. The second-order valence-electron chi connectivity index (χ2n) is 6.38. The highest BCUT2D eigenvalue weighted by molar-refractivity contribution is 6.04. The molecule has 1 amide bonds. The second-order valence-corrected chi connectivity index (χ2v) is 6.38. The molecule has 1 N–H and O–H groups in total. The van der Waals surface area contributed by atoms with Crippen molar-refractivity contribution in [2.45, 2.75) is 20.3 Å². The third-order valence-corrected chi connectivity index (χ3v) is 3.75. The molecule has 0 unspecified atom stereocenters. The van der Waals surface area contributed by atoms with Crippen LogP contribution in [0, 0.1) is 5.92 Å². The number of carbonyl (C=O) groups excluding carboxylic acids is 1. The van der Waals surface area contributed by atoms with Crippen LogP contribution in [0.2, 0.25) is 0 Å². The minimum Gasteiger partial charge on any atom is -0.494 e. The number of anilines is 1. The first-order valence-corrected chi connectivity index (χ1v) is 8.84. The largest absolute Gasteiger partial charge is 0.494 e. The third kappa shape index (κ3) is 6.76. The lowest BCUT2D eigenvalue weighted by molar-refractivity contribution is 0.102. The minimum atomic E-state index is -0.165. The van der Waals surface area contributed by atoms with Crippen LogP contribution in [0.25, 0.3) is 0 Å². The van der Waals surface area contributed by atoms with Crippen LogP contribution in [0.4, 0.5) is 5.69 Å². The Morgan fingerprint density at radius 2 is 1.46 bits per heavy atom. The van der Waals surface area contributed by atoms with E-state index in [2.05, 4.69) is 19.2 Å². The van der Waals surface area contributed by atoms with Gasteiger partial charge in [0.15, 0.2) is 0 Å². The fourth-order valence-electron chi connectivity index (χ4n) is 2.20. The Morgan fingerprint density at radius 1 is 0.885 bits per heavy atom. The maximum atomic E-state index is 12.3. The van der Waals surface area contributed by atoms with Crippen molar-refractivity contribution in [2.24, 2.45) is 5.92 Å². The van der Waals surface area contributed by atoms with Crippen LogP contribution in [-0.2, 0) is 4.74 Å². The maximum Gasteiger partial charge on any atom is 0.255 e. The summed E-state index contributed by atoms with van der Waals surface area (Å²) in [7, 11) is 1.63. The summed E-state index contributed by atoms with van der Waals surface area (Å²) >= 11 is 0. The van der Waals surface area contributed by atoms with Gasteiger partial charge in [-0.15, -0.1) is 0 Å². The van der Waals surface area contributed by atoms with Gasteiger partial charge < -0.3 is 19.5 Å². The quantitative estimate of drug-likeness (QED) is 0.641. The van der Waals surface area contributed by atoms with E-state index >= 15 is 0 Å². The van der Waals surface area contributed by atoms with Crippen molar-refractivity contribution < 1.29 is 19.0 Å². The minimum absolute atomic E-state index is 0.165. The van der Waals surface area contributed by atoms with Gasteiger partial charge >= 0.3 is 0 Å². The Labute approximate surface area is 155 Å². The predicted molar refractivity (Wildman–Crippen MR) is 103 cm³/mol. The van der Waals surface area contributed by atoms with Crippen LogP contribution < -0.4 is 14.8 Å². The topological polar surface area (TPSA) is 56.8 Å². The molecule has 0 atom stereocenters. The molecule has 0 spiro atoms. The summed E-state index contributed by atoms with van der Waals surface area (Å²) in [6.07, 6.45) is 1.02. The number of hydrogen-bond donors (Lipinski definition) is 1. The van der Waals surface area contributed by atoms with E-state index in [0.717, 1.165) is 17.9 Å². The number of hydrogen-bond acceptors (Lipinski definition) is 4. The number of amides is 1. The number of ether oxygens (including phenoxy) is 3. The standard InChI is InChI=1S/C21H27NO4/c1-16(2)12-13-25-20-10-6-18(7-11-20)22-21(23)17-4-8-19(9-5-17)26-15-14-24-3/h4-11,16H,12-15H2,1-3H3,(H,22,23). The summed E-state index contributed by atoms with van der Waals surface area (Å²) in [5.74, 6) is 1.97. The zero-order valence-electron chi connectivity index (χ0n) is 15.7. The van der Waals surface area contributed by atoms with Crippen LogP contribution >= 0.6 is 0 Å². The van der Waals surface area contributed by atoms with Crippen molar-refractivity contribution in [3.05, 3.63) is 54.1 Å². The van der Waals surface area contributed by atoms with E-state index in [1.54, 1.807) is 31.4 Å².